The summed E-state index contributed by atoms with van der Waals surface area (Å²) in [6.07, 6.45) is -4.68. The standard InChI is InChI=1S/C11H12ClF3O3/c12-5-6-16-7-8-17-9-1-3-10(4-2-9)18-11(13,14)15/h1-4H,5-8H2. The van der Waals surface area contributed by atoms with E-state index >= 15 is 0 Å². The molecule has 102 valence electrons. The molecule has 0 unspecified atom stereocenters. The van der Waals surface area contributed by atoms with Crippen molar-refractivity contribution < 1.29 is 27.4 Å². The number of hydrogen-bond acceptors (Lipinski definition) is 3. The van der Waals surface area contributed by atoms with E-state index in [0.717, 1.165) is 0 Å². The monoisotopic (exact) mass is 284 g/mol. The zero-order valence-corrected chi connectivity index (χ0v) is 10.1. The highest BCUT2D eigenvalue weighted by Gasteiger charge is 2.30. The lowest BCUT2D eigenvalue weighted by molar-refractivity contribution is -0.274. The van der Waals surface area contributed by atoms with E-state index in [1.54, 1.807) is 0 Å². The Balaban J connectivity index is 2.32. The molecule has 1 aromatic rings. The number of ether oxygens (including phenoxy) is 3. The van der Waals surface area contributed by atoms with E-state index in [-0.39, 0.29) is 5.75 Å². The van der Waals surface area contributed by atoms with Gasteiger partial charge < -0.3 is 14.2 Å². The smallest absolute Gasteiger partial charge is 0.491 e. The summed E-state index contributed by atoms with van der Waals surface area (Å²) < 4.78 is 49.7. The van der Waals surface area contributed by atoms with Gasteiger partial charge in [0.2, 0.25) is 0 Å². The van der Waals surface area contributed by atoms with Crippen LogP contribution in [-0.4, -0.2) is 32.1 Å². The lowest BCUT2D eigenvalue weighted by atomic mass is 10.3. The summed E-state index contributed by atoms with van der Waals surface area (Å²) in [5, 5.41) is 0. The maximum Gasteiger partial charge on any atom is 0.573 e. The molecule has 0 aliphatic carbocycles. The van der Waals surface area contributed by atoms with Crippen LogP contribution in [0.5, 0.6) is 11.5 Å². The van der Waals surface area contributed by atoms with Crippen LogP contribution in [0.3, 0.4) is 0 Å². The fraction of sp³-hybridized carbons (Fsp3) is 0.455. The van der Waals surface area contributed by atoms with Gasteiger partial charge in [-0.1, -0.05) is 0 Å². The Hall–Kier alpha value is -1.14. The molecule has 0 fully saturated rings. The summed E-state index contributed by atoms with van der Waals surface area (Å²) in [7, 11) is 0. The van der Waals surface area contributed by atoms with Crippen LogP contribution in [0.4, 0.5) is 13.2 Å². The Morgan fingerprint density at radius 3 is 2.11 bits per heavy atom. The third-order valence-corrected chi connectivity index (χ3v) is 1.93. The Morgan fingerprint density at radius 1 is 0.944 bits per heavy atom. The molecule has 0 radical (unpaired) electrons. The van der Waals surface area contributed by atoms with Crippen LogP contribution in [-0.2, 0) is 4.74 Å². The third kappa shape index (κ3) is 6.56. The largest absolute Gasteiger partial charge is 0.573 e. The number of hydrogen-bond donors (Lipinski definition) is 0. The molecule has 0 bridgehead atoms. The number of halogens is 4. The van der Waals surface area contributed by atoms with Crippen LogP contribution in [0.2, 0.25) is 0 Å². The zero-order valence-electron chi connectivity index (χ0n) is 9.37. The van der Waals surface area contributed by atoms with Crippen molar-refractivity contribution in [2.75, 3.05) is 25.7 Å². The Bertz CT molecular complexity index is 340. The minimum absolute atomic E-state index is 0.284. The van der Waals surface area contributed by atoms with Gasteiger partial charge >= 0.3 is 6.36 Å². The molecule has 0 atom stereocenters. The normalized spacial score (nSPS) is 11.3. The maximum atomic E-state index is 11.9. The van der Waals surface area contributed by atoms with Gasteiger partial charge in [-0.25, -0.2) is 0 Å². The molecule has 3 nitrogen and oxygen atoms in total. The Kier molecular flexibility index (Phi) is 6.07. The quantitative estimate of drug-likeness (QED) is 0.568. The van der Waals surface area contributed by atoms with Crippen LogP contribution in [0.1, 0.15) is 0 Å². The van der Waals surface area contributed by atoms with E-state index in [4.69, 9.17) is 21.1 Å². The first-order valence-corrected chi connectivity index (χ1v) is 5.67. The second-order valence-corrected chi connectivity index (χ2v) is 3.55. The molecule has 0 heterocycles. The van der Waals surface area contributed by atoms with Crippen LogP contribution in [0.15, 0.2) is 24.3 Å². The molecule has 0 N–H and O–H groups in total. The number of alkyl halides is 4. The highest BCUT2D eigenvalue weighted by atomic mass is 35.5. The number of benzene rings is 1. The van der Waals surface area contributed by atoms with Crippen molar-refractivity contribution >= 4 is 11.6 Å². The fourth-order valence-corrected chi connectivity index (χ4v) is 1.22. The van der Waals surface area contributed by atoms with Crippen LogP contribution in [0.25, 0.3) is 0 Å². The van der Waals surface area contributed by atoms with Crippen molar-refractivity contribution in [1.29, 1.82) is 0 Å². The first-order chi connectivity index (χ1) is 8.51. The predicted octanol–water partition coefficient (Wildman–Crippen LogP) is 3.22. The summed E-state index contributed by atoms with van der Waals surface area (Å²) in [6.45, 7) is 1.10. The molecule has 0 amide bonds. The van der Waals surface area contributed by atoms with E-state index in [2.05, 4.69) is 4.74 Å². The zero-order chi connectivity index (χ0) is 13.4. The molecule has 0 aliphatic heterocycles. The van der Waals surface area contributed by atoms with Crippen molar-refractivity contribution in [3.8, 4) is 11.5 Å². The van der Waals surface area contributed by atoms with Gasteiger partial charge in [0.15, 0.2) is 0 Å². The number of rotatable bonds is 7. The molecular weight excluding hydrogens is 273 g/mol. The summed E-state index contributed by atoms with van der Waals surface area (Å²) in [4.78, 5) is 0. The molecule has 1 rings (SSSR count). The average Bonchev–Trinajstić information content (AvgIpc) is 2.29. The van der Waals surface area contributed by atoms with Gasteiger partial charge in [-0.3, -0.25) is 0 Å². The highest BCUT2D eigenvalue weighted by Crippen LogP contribution is 2.24. The Labute approximate surface area is 107 Å². The van der Waals surface area contributed by atoms with Crippen LogP contribution >= 0.6 is 11.6 Å². The predicted molar refractivity (Wildman–Crippen MR) is 60.2 cm³/mol. The van der Waals surface area contributed by atoms with Gasteiger partial charge in [0.1, 0.15) is 18.1 Å². The van der Waals surface area contributed by atoms with E-state index in [0.29, 0.717) is 31.5 Å². The van der Waals surface area contributed by atoms with Crippen molar-refractivity contribution in [3.63, 3.8) is 0 Å². The second-order valence-electron chi connectivity index (χ2n) is 3.17. The molecule has 0 saturated heterocycles. The minimum atomic E-state index is -4.68. The molecule has 0 aliphatic rings. The van der Waals surface area contributed by atoms with E-state index in [9.17, 15) is 13.2 Å². The summed E-state index contributed by atoms with van der Waals surface area (Å²) in [5.74, 6) is 0.566. The molecule has 0 aromatic heterocycles. The SMILES string of the molecule is FC(F)(F)Oc1ccc(OCCOCCCl)cc1. The van der Waals surface area contributed by atoms with E-state index in [1.807, 2.05) is 0 Å². The molecule has 1 aromatic carbocycles. The lowest BCUT2D eigenvalue weighted by Gasteiger charge is -2.10. The first kappa shape index (κ1) is 14.9. The average molecular weight is 285 g/mol. The molecule has 0 saturated carbocycles. The van der Waals surface area contributed by atoms with Gasteiger partial charge in [-0.15, -0.1) is 24.8 Å². The maximum absolute atomic E-state index is 11.9. The van der Waals surface area contributed by atoms with Crippen molar-refractivity contribution in [1.82, 2.24) is 0 Å². The molecular formula is C11H12ClF3O3. The summed E-state index contributed by atoms with van der Waals surface area (Å²) in [5.41, 5.74) is 0. The summed E-state index contributed by atoms with van der Waals surface area (Å²) >= 11 is 5.40. The van der Waals surface area contributed by atoms with Gasteiger partial charge in [0, 0.05) is 5.88 Å². The van der Waals surface area contributed by atoms with Crippen molar-refractivity contribution in [2.45, 2.75) is 6.36 Å². The fourth-order valence-electron chi connectivity index (χ4n) is 1.11. The molecule has 0 spiro atoms. The van der Waals surface area contributed by atoms with Crippen LogP contribution < -0.4 is 9.47 Å². The van der Waals surface area contributed by atoms with Gasteiger partial charge in [0.25, 0.3) is 0 Å². The van der Waals surface area contributed by atoms with Crippen molar-refractivity contribution in [3.05, 3.63) is 24.3 Å². The molecule has 7 heteroatoms. The van der Waals surface area contributed by atoms with Gasteiger partial charge in [0.05, 0.1) is 13.2 Å². The first-order valence-electron chi connectivity index (χ1n) is 5.13. The van der Waals surface area contributed by atoms with E-state index in [1.165, 1.54) is 24.3 Å². The van der Waals surface area contributed by atoms with Crippen molar-refractivity contribution in [2.24, 2.45) is 0 Å². The van der Waals surface area contributed by atoms with E-state index < -0.39 is 6.36 Å². The van der Waals surface area contributed by atoms with Gasteiger partial charge in [-0.05, 0) is 24.3 Å². The topological polar surface area (TPSA) is 27.7 Å². The van der Waals surface area contributed by atoms with Crippen LogP contribution in [0, 0.1) is 0 Å². The van der Waals surface area contributed by atoms with Gasteiger partial charge in [-0.2, -0.15) is 0 Å². The minimum Gasteiger partial charge on any atom is -0.491 e. The summed E-state index contributed by atoms with van der Waals surface area (Å²) in [6, 6.07) is 5.15. The highest BCUT2D eigenvalue weighted by molar-refractivity contribution is 6.17. The second kappa shape index (κ2) is 7.33. The molecule has 18 heavy (non-hydrogen) atoms. The lowest BCUT2D eigenvalue weighted by Crippen LogP contribution is -2.17. The Morgan fingerprint density at radius 2 is 1.56 bits per heavy atom. The third-order valence-electron chi connectivity index (χ3n) is 1.78.